The molecule has 0 saturated carbocycles. The summed E-state index contributed by atoms with van der Waals surface area (Å²) in [5, 5.41) is 9.67. The molecule has 0 aromatic rings. The standard InChI is InChI=1S/C60H115NO8/c1-6-8-10-12-14-16-18-20-21-22-23-24-25-26-27-28-29-30-31-32-33-34-35-36-37-38-39-41-42-44-46-48-50-57(62)67-54-56(55-68-60(59(64)65)66-53-52-61(3,4)5)69-58(63)51-49-47-45-43-40-19-17-15-13-11-9-7-2/h15,17,56,60H,6-14,16,18-55H2,1-5H3/p+1/b17-15-. The molecule has 0 spiro atoms. The van der Waals surface area contributed by atoms with Crippen molar-refractivity contribution in [3.8, 4) is 0 Å². The fourth-order valence-corrected chi connectivity index (χ4v) is 8.89. The van der Waals surface area contributed by atoms with Crippen LogP contribution in [0, 0.1) is 0 Å². The SMILES string of the molecule is CCCCC/C=C\CCCCCCCC(=O)OC(COC(=O)CCCCCCCCCCCCCCCCCCCCCCCCCCCCCCCCCC)COC(OCC[N+](C)(C)C)C(=O)O. The number of rotatable bonds is 56. The molecule has 2 atom stereocenters. The molecule has 0 aliphatic carbocycles. The summed E-state index contributed by atoms with van der Waals surface area (Å²) in [6, 6.07) is 0. The van der Waals surface area contributed by atoms with Crippen molar-refractivity contribution in [3.05, 3.63) is 12.2 Å². The number of carbonyl (C=O) groups is 3. The van der Waals surface area contributed by atoms with Crippen LogP contribution < -0.4 is 0 Å². The predicted octanol–water partition coefficient (Wildman–Crippen LogP) is 17.4. The molecule has 69 heavy (non-hydrogen) atoms. The molecule has 0 radical (unpaired) electrons. The molecule has 0 aromatic carbocycles. The lowest BCUT2D eigenvalue weighted by Gasteiger charge is -2.25. The summed E-state index contributed by atoms with van der Waals surface area (Å²) in [5.74, 6) is -2.00. The molecule has 0 aliphatic rings. The van der Waals surface area contributed by atoms with Crippen molar-refractivity contribution in [1.29, 1.82) is 0 Å². The Hall–Kier alpha value is -1.97. The van der Waals surface area contributed by atoms with Gasteiger partial charge in [-0.15, -0.1) is 0 Å². The minimum Gasteiger partial charge on any atom is -0.477 e. The third kappa shape index (κ3) is 53.7. The van der Waals surface area contributed by atoms with Gasteiger partial charge in [0.1, 0.15) is 13.2 Å². The number of quaternary nitrogens is 1. The number of likely N-dealkylation sites (N-methyl/N-ethyl adjacent to an activating group) is 1. The van der Waals surface area contributed by atoms with E-state index >= 15 is 0 Å². The number of ether oxygens (including phenoxy) is 4. The Labute approximate surface area is 427 Å². The van der Waals surface area contributed by atoms with Gasteiger partial charge < -0.3 is 28.5 Å². The highest BCUT2D eigenvalue weighted by atomic mass is 16.7. The molecule has 2 unspecified atom stereocenters. The summed E-state index contributed by atoms with van der Waals surface area (Å²) in [7, 11) is 5.97. The van der Waals surface area contributed by atoms with Gasteiger partial charge in [-0.05, 0) is 38.5 Å². The number of esters is 2. The molecule has 0 fully saturated rings. The second-order valence-electron chi connectivity index (χ2n) is 21.7. The fourth-order valence-electron chi connectivity index (χ4n) is 8.89. The van der Waals surface area contributed by atoms with E-state index in [1.807, 2.05) is 21.1 Å². The topological polar surface area (TPSA) is 108 Å². The maximum absolute atomic E-state index is 12.8. The van der Waals surface area contributed by atoms with Crippen LogP contribution in [0.15, 0.2) is 12.2 Å². The van der Waals surface area contributed by atoms with Crippen molar-refractivity contribution in [1.82, 2.24) is 0 Å². The van der Waals surface area contributed by atoms with Crippen LogP contribution in [-0.2, 0) is 33.3 Å². The minimum absolute atomic E-state index is 0.179. The first-order valence-electron chi connectivity index (χ1n) is 29.9. The van der Waals surface area contributed by atoms with Gasteiger partial charge in [0.05, 0.1) is 34.4 Å². The second-order valence-corrected chi connectivity index (χ2v) is 21.7. The van der Waals surface area contributed by atoms with Gasteiger partial charge in [0.25, 0.3) is 6.29 Å². The molecular formula is C60H116NO8+. The van der Waals surface area contributed by atoms with Gasteiger partial charge in [0.15, 0.2) is 6.10 Å². The van der Waals surface area contributed by atoms with E-state index < -0.39 is 24.3 Å². The van der Waals surface area contributed by atoms with Gasteiger partial charge in [0, 0.05) is 12.8 Å². The van der Waals surface area contributed by atoms with E-state index in [0.29, 0.717) is 23.9 Å². The fraction of sp³-hybridized carbons (Fsp3) is 0.917. The van der Waals surface area contributed by atoms with Crippen LogP contribution in [-0.4, -0.2) is 87.4 Å². The predicted molar refractivity (Wildman–Crippen MR) is 291 cm³/mol. The largest absolute Gasteiger partial charge is 0.477 e. The molecular weight excluding hydrogens is 863 g/mol. The minimum atomic E-state index is -1.51. The van der Waals surface area contributed by atoms with Gasteiger partial charge >= 0.3 is 17.9 Å². The Morgan fingerprint density at radius 2 is 0.739 bits per heavy atom. The van der Waals surface area contributed by atoms with Gasteiger partial charge in [-0.2, -0.15) is 0 Å². The zero-order valence-electron chi connectivity index (χ0n) is 46.5. The van der Waals surface area contributed by atoms with Crippen LogP contribution in [0.4, 0.5) is 0 Å². The Morgan fingerprint density at radius 3 is 1.10 bits per heavy atom. The highest BCUT2D eigenvalue weighted by molar-refractivity contribution is 5.71. The molecule has 0 rings (SSSR count). The zero-order chi connectivity index (χ0) is 50.6. The molecule has 0 aromatic heterocycles. The van der Waals surface area contributed by atoms with Gasteiger partial charge in [-0.25, -0.2) is 4.79 Å². The van der Waals surface area contributed by atoms with E-state index in [1.165, 1.54) is 212 Å². The molecule has 0 saturated heterocycles. The van der Waals surface area contributed by atoms with E-state index in [4.69, 9.17) is 18.9 Å². The summed E-state index contributed by atoms with van der Waals surface area (Å²) < 4.78 is 22.8. The van der Waals surface area contributed by atoms with Crippen LogP contribution in [0.5, 0.6) is 0 Å². The molecule has 0 aliphatic heterocycles. The van der Waals surface area contributed by atoms with Crippen molar-refractivity contribution >= 4 is 17.9 Å². The van der Waals surface area contributed by atoms with Crippen molar-refractivity contribution in [3.63, 3.8) is 0 Å². The summed E-state index contributed by atoms with van der Waals surface area (Å²) in [6.45, 7) is 4.88. The number of carboxylic acids is 1. The number of unbranched alkanes of at least 4 members (excludes halogenated alkanes) is 39. The highest BCUT2D eigenvalue weighted by Crippen LogP contribution is 2.18. The van der Waals surface area contributed by atoms with Crippen LogP contribution >= 0.6 is 0 Å². The van der Waals surface area contributed by atoms with Crippen molar-refractivity contribution in [2.45, 2.75) is 309 Å². The number of nitrogens with zero attached hydrogens (tertiary/aromatic N) is 1. The summed E-state index contributed by atoms with van der Waals surface area (Å²) in [6.07, 6.45) is 57.5. The van der Waals surface area contributed by atoms with E-state index in [2.05, 4.69) is 26.0 Å². The molecule has 0 amide bonds. The van der Waals surface area contributed by atoms with Crippen molar-refractivity contribution < 1.29 is 42.9 Å². The number of carboxylic acid groups (broad SMARTS) is 1. The van der Waals surface area contributed by atoms with E-state index in [9.17, 15) is 19.5 Å². The molecule has 1 N–H and O–H groups in total. The number of aliphatic carboxylic acids is 1. The lowest BCUT2D eigenvalue weighted by molar-refractivity contribution is -0.870. The highest BCUT2D eigenvalue weighted by Gasteiger charge is 2.25. The van der Waals surface area contributed by atoms with E-state index in [0.717, 1.165) is 51.4 Å². The van der Waals surface area contributed by atoms with Crippen molar-refractivity contribution in [2.24, 2.45) is 0 Å². The molecule has 0 bridgehead atoms. The first-order valence-corrected chi connectivity index (χ1v) is 29.9. The summed E-state index contributed by atoms with van der Waals surface area (Å²) >= 11 is 0. The Balaban J connectivity index is 3.98. The van der Waals surface area contributed by atoms with Crippen LogP contribution in [0.25, 0.3) is 0 Å². The zero-order valence-corrected chi connectivity index (χ0v) is 46.5. The van der Waals surface area contributed by atoms with Crippen LogP contribution in [0.1, 0.15) is 296 Å². The number of allylic oxidation sites excluding steroid dienone is 2. The summed E-state index contributed by atoms with van der Waals surface area (Å²) in [4.78, 5) is 37.3. The average molecular weight is 980 g/mol. The molecule has 408 valence electrons. The maximum atomic E-state index is 12.8. The Bertz CT molecular complexity index is 1140. The quantitative estimate of drug-likeness (QED) is 0.0211. The lowest BCUT2D eigenvalue weighted by atomic mass is 10.0. The first kappa shape index (κ1) is 67.0. The molecule has 9 heteroatoms. The molecule has 9 nitrogen and oxygen atoms in total. The van der Waals surface area contributed by atoms with Crippen LogP contribution in [0.2, 0.25) is 0 Å². The van der Waals surface area contributed by atoms with E-state index in [1.54, 1.807) is 0 Å². The first-order chi connectivity index (χ1) is 33.6. The summed E-state index contributed by atoms with van der Waals surface area (Å²) in [5.41, 5.74) is 0. The maximum Gasteiger partial charge on any atom is 0.361 e. The number of hydrogen-bond acceptors (Lipinski definition) is 7. The number of carbonyl (C=O) groups excluding carboxylic acids is 2. The van der Waals surface area contributed by atoms with Crippen LogP contribution in [0.3, 0.4) is 0 Å². The Morgan fingerprint density at radius 1 is 0.420 bits per heavy atom. The van der Waals surface area contributed by atoms with Gasteiger partial charge in [0.2, 0.25) is 0 Å². The average Bonchev–Trinajstić information content (AvgIpc) is 3.31. The lowest BCUT2D eigenvalue weighted by Crippen LogP contribution is -2.40. The van der Waals surface area contributed by atoms with Gasteiger partial charge in [-0.3, -0.25) is 9.59 Å². The smallest absolute Gasteiger partial charge is 0.361 e. The third-order valence-corrected chi connectivity index (χ3v) is 13.5. The second kappa shape index (κ2) is 52.4. The Kier molecular flexibility index (Phi) is 50.9. The normalized spacial score (nSPS) is 12.8. The molecule has 0 heterocycles. The number of hydrogen-bond donors (Lipinski definition) is 1. The van der Waals surface area contributed by atoms with Crippen molar-refractivity contribution in [2.75, 3.05) is 47.5 Å². The monoisotopic (exact) mass is 979 g/mol. The van der Waals surface area contributed by atoms with E-state index in [-0.39, 0.29) is 32.2 Å². The third-order valence-electron chi connectivity index (χ3n) is 13.5. The van der Waals surface area contributed by atoms with Gasteiger partial charge in [-0.1, -0.05) is 257 Å².